The molecule has 4 nitrogen and oxygen atoms in total. The number of carbonyl (C=O) groups is 1. The number of hydrogen-bond donors (Lipinski definition) is 0. The van der Waals surface area contributed by atoms with Crippen LogP contribution in [0.3, 0.4) is 0 Å². The molecule has 1 heterocycles. The Balaban J connectivity index is 2.06. The summed E-state index contributed by atoms with van der Waals surface area (Å²) in [6.07, 6.45) is 0. The number of amides is 1. The predicted octanol–water partition coefficient (Wildman–Crippen LogP) is 3.20. The molecule has 0 saturated carbocycles. The maximum atomic E-state index is 14.0. The van der Waals surface area contributed by atoms with Crippen molar-refractivity contribution >= 4 is 16.9 Å². The third-order valence-electron chi connectivity index (χ3n) is 3.94. The average Bonchev–Trinajstić information content (AvgIpc) is 2.87. The summed E-state index contributed by atoms with van der Waals surface area (Å²) in [7, 11) is 1.73. The highest BCUT2D eigenvalue weighted by molar-refractivity contribution is 5.76. The van der Waals surface area contributed by atoms with E-state index in [1.807, 2.05) is 34.9 Å². The fourth-order valence-corrected chi connectivity index (χ4v) is 2.54. The van der Waals surface area contributed by atoms with Crippen LogP contribution in [0.2, 0.25) is 0 Å². The molecule has 0 atom stereocenters. The van der Waals surface area contributed by atoms with Crippen LogP contribution in [0, 0.1) is 5.82 Å². The van der Waals surface area contributed by atoms with E-state index < -0.39 is 0 Å². The summed E-state index contributed by atoms with van der Waals surface area (Å²) in [5.41, 5.74) is 2.38. The van der Waals surface area contributed by atoms with E-state index in [2.05, 4.69) is 4.98 Å². The molecule has 0 N–H and O–H groups in total. The van der Waals surface area contributed by atoms with Crippen LogP contribution < -0.4 is 0 Å². The van der Waals surface area contributed by atoms with Crippen molar-refractivity contribution in [3.05, 3.63) is 65.7 Å². The Labute approximate surface area is 134 Å². The zero-order valence-corrected chi connectivity index (χ0v) is 13.2. The van der Waals surface area contributed by atoms with E-state index in [-0.39, 0.29) is 11.7 Å². The quantitative estimate of drug-likeness (QED) is 0.742. The van der Waals surface area contributed by atoms with Gasteiger partial charge in [0.1, 0.15) is 11.6 Å². The average molecular weight is 311 g/mol. The molecule has 0 radical (unpaired) electrons. The van der Waals surface area contributed by atoms with E-state index >= 15 is 0 Å². The van der Waals surface area contributed by atoms with Gasteiger partial charge in [0.25, 0.3) is 0 Å². The highest BCUT2D eigenvalue weighted by atomic mass is 19.1. The number of imidazole rings is 1. The summed E-state index contributed by atoms with van der Waals surface area (Å²) >= 11 is 0. The normalized spacial score (nSPS) is 10.9. The molecule has 3 aromatic rings. The molecule has 1 amide bonds. The number of rotatable bonds is 4. The smallest absolute Gasteiger partial charge is 0.219 e. The largest absolute Gasteiger partial charge is 0.339 e. The van der Waals surface area contributed by atoms with Crippen molar-refractivity contribution in [2.75, 3.05) is 7.05 Å². The van der Waals surface area contributed by atoms with Crippen LogP contribution in [-0.4, -0.2) is 27.4 Å². The van der Waals surface area contributed by atoms with Gasteiger partial charge in [0.2, 0.25) is 5.91 Å². The Morgan fingerprint density at radius 1 is 1.17 bits per heavy atom. The van der Waals surface area contributed by atoms with Crippen LogP contribution in [0.5, 0.6) is 0 Å². The van der Waals surface area contributed by atoms with E-state index in [1.165, 1.54) is 13.0 Å². The lowest BCUT2D eigenvalue weighted by Gasteiger charge is -2.16. The van der Waals surface area contributed by atoms with E-state index in [1.54, 1.807) is 24.1 Å². The van der Waals surface area contributed by atoms with Crippen LogP contribution in [0.15, 0.2) is 48.5 Å². The first-order valence-electron chi connectivity index (χ1n) is 7.45. The lowest BCUT2D eigenvalue weighted by molar-refractivity contribution is -0.128. The van der Waals surface area contributed by atoms with Gasteiger partial charge in [0.15, 0.2) is 0 Å². The molecule has 0 spiro atoms. The van der Waals surface area contributed by atoms with Gasteiger partial charge < -0.3 is 9.47 Å². The van der Waals surface area contributed by atoms with Gasteiger partial charge in [-0.05, 0) is 18.2 Å². The summed E-state index contributed by atoms with van der Waals surface area (Å²) in [6, 6.07) is 14.4. The van der Waals surface area contributed by atoms with Gasteiger partial charge in [-0.1, -0.05) is 30.3 Å². The van der Waals surface area contributed by atoms with E-state index in [0.29, 0.717) is 18.7 Å². The third-order valence-corrected chi connectivity index (χ3v) is 3.94. The van der Waals surface area contributed by atoms with Gasteiger partial charge in [-0.15, -0.1) is 0 Å². The van der Waals surface area contributed by atoms with Gasteiger partial charge in [0, 0.05) is 19.5 Å². The number of aromatic nitrogens is 2. The van der Waals surface area contributed by atoms with Crippen molar-refractivity contribution in [3.63, 3.8) is 0 Å². The molecule has 5 heteroatoms. The standard InChI is InChI=1S/C18H18FN3O/c1-13(23)21(2)12-18-20-16-9-5-6-10-17(16)22(18)11-14-7-3-4-8-15(14)19/h3-10H,11-12H2,1-2H3. The molecule has 0 fully saturated rings. The molecule has 0 bridgehead atoms. The SMILES string of the molecule is CC(=O)N(C)Cc1nc2ccccc2n1Cc1ccccc1F. The Kier molecular flexibility index (Phi) is 4.10. The minimum atomic E-state index is -0.240. The highest BCUT2D eigenvalue weighted by Gasteiger charge is 2.15. The van der Waals surface area contributed by atoms with Crippen molar-refractivity contribution in [2.45, 2.75) is 20.0 Å². The second-order valence-corrected chi connectivity index (χ2v) is 5.57. The molecule has 0 aliphatic carbocycles. The molecule has 0 aliphatic heterocycles. The van der Waals surface area contributed by atoms with Crippen molar-refractivity contribution in [1.82, 2.24) is 14.5 Å². The molecule has 3 rings (SSSR count). The van der Waals surface area contributed by atoms with E-state index in [0.717, 1.165) is 16.9 Å². The zero-order chi connectivity index (χ0) is 16.4. The fraction of sp³-hybridized carbons (Fsp3) is 0.222. The number of nitrogens with zero attached hydrogens (tertiary/aromatic N) is 3. The number of hydrogen-bond acceptors (Lipinski definition) is 2. The van der Waals surface area contributed by atoms with Gasteiger partial charge in [-0.25, -0.2) is 9.37 Å². The lowest BCUT2D eigenvalue weighted by Crippen LogP contribution is -2.25. The van der Waals surface area contributed by atoms with Crippen molar-refractivity contribution in [3.8, 4) is 0 Å². The van der Waals surface area contributed by atoms with Gasteiger partial charge in [0.05, 0.1) is 24.1 Å². The monoisotopic (exact) mass is 311 g/mol. The Bertz CT molecular complexity index is 856. The molecule has 0 aliphatic rings. The van der Waals surface area contributed by atoms with Crippen LogP contribution in [0.25, 0.3) is 11.0 Å². The first-order valence-corrected chi connectivity index (χ1v) is 7.45. The van der Waals surface area contributed by atoms with E-state index in [9.17, 15) is 9.18 Å². The molecular weight excluding hydrogens is 293 g/mol. The minimum Gasteiger partial charge on any atom is -0.339 e. The second-order valence-electron chi connectivity index (χ2n) is 5.57. The Morgan fingerprint density at radius 2 is 1.87 bits per heavy atom. The molecule has 0 unspecified atom stereocenters. The molecule has 0 saturated heterocycles. The van der Waals surface area contributed by atoms with Crippen LogP contribution in [-0.2, 0) is 17.9 Å². The zero-order valence-electron chi connectivity index (χ0n) is 13.2. The summed E-state index contributed by atoms with van der Waals surface area (Å²) in [5.74, 6) is 0.470. The summed E-state index contributed by atoms with van der Waals surface area (Å²) in [5, 5.41) is 0. The van der Waals surface area contributed by atoms with Gasteiger partial charge in [-0.2, -0.15) is 0 Å². The van der Waals surface area contributed by atoms with Crippen molar-refractivity contribution in [2.24, 2.45) is 0 Å². The van der Waals surface area contributed by atoms with Gasteiger partial charge in [-0.3, -0.25) is 4.79 Å². The van der Waals surface area contributed by atoms with Crippen molar-refractivity contribution < 1.29 is 9.18 Å². The number of fused-ring (bicyclic) bond motifs is 1. The molecule has 23 heavy (non-hydrogen) atoms. The fourth-order valence-electron chi connectivity index (χ4n) is 2.54. The number of para-hydroxylation sites is 2. The maximum absolute atomic E-state index is 14.0. The first-order chi connectivity index (χ1) is 11.1. The van der Waals surface area contributed by atoms with Crippen LogP contribution >= 0.6 is 0 Å². The molecule has 2 aromatic carbocycles. The minimum absolute atomic E-state index is 0.0329. The second kappa shape index (κ2) is 6.20. The van der Waals surface area contributed by atoms with Crippen LogP contribution in [0.1, 0.15) is 18.3 Å². The summed E-state index contributed by atoms with van der Waals surface area (Å²) in [6.45, 7) is 2.29. The van der Waals surface area contributed by atoms with Gasteiger partial charge >= 0.3 is 0 Å². The predicted molar refractivity (Wildman–Crippen MR) is 87.4 cm³/mol. The van der Waals surface area contributed by atoms with E-state index in [4.69, 9.17) is 0 Å². The summed E-state index contributed by atoms with van der Waals surface area (Å²) < 4.78 is 16.0. The molecule has 1 aromatic heterocycles. The molecule has 118 valence electrons. The third kappa shape index (κ3) is 3.08. The first kappa shape index (κ1) is 15.2. The maximum Gasteiger partial charge on any atom is 0.219 e. The lowest BCUT2D eigenvalue weighted by atomic mass is 10.2. The topological polar surface area (TPSA) is 38.1 Å². The summed E-state index contributed by atoms with van der Waals surface area (Å²) in [4.78, 5) is 17.7. The Hall–Kier alpha value is -2.69. The number of halogens is 1. The molecular formula is C18H18FN3O. The van der Waals surface area contributed by atoms with Crippen LogP contribution in [0.4, 0.5) is 4.39 Å². The Morgan fingerprint density at radius 3 is 2.61 bits per heavy atom. The number of benzene rings is 2. The number of carbonyl (C=O) groups excluding carboxylic acids is 1. The highest BCUT2D eigenvalue weighted by Crippen LogP contribution is 2.20. The van der Waals surface area contributed by atoms with Crippen molar-refractivity contribution in [1.29, 1.82) is 0 Å².